The first kappa shape index (κ1) is 10.7. The van der Waals surface area contributed by atoms with Gasteiger partial charge < -0.3 is 4.90 Å². The molecule has 0 aromatic heterocycles. The van der Waals surface area contributed by atoms with Crippen molar-refractivity contribution in [1.82, 2.24) is 4.90 Å². The van der Waals surface area contributed by atoms with Crippen molar-refractivity contribution in [3.63, 3.8) is 0 Å². The van der Waals surface area contributed by atoms with Crippen LogP contribution in [0.1, 0.15) is 39.5 Å². The highest BCUT2D eigenvalue weighted by Gasteiger charge is 2.45. The number of carbonyl (C=O) groups is 2. The normalized spacial score (nSPS) is 21.9. The predicted molar refractivity (Wildman–Crippen MR) is 57.3 cm³/mol. The molecule has 0 N–H and O–H groups in total. The summed E-state index contributed by atoms with van der Waals surface area (Å²) in [6.45, 7) is 5.24. The molecule has 2 fully saturated rings. The molecule has 0 bridgehead atoms. The lowest BCUT2D eigenvalue weighted by molar-refractivity contribution is -0.147. The van der Waals surface area contributed by atoms with Crippen LogP contribution >= 0.6 is 0 Å². The van der Waals surface area contributed by atoms with Crippen LogP contribution in [0.2, 0.25) is 0 Å². The standard InChI is InChI=1S/C12H19NO2/c1-12(2,10(14)9-5-6-9)11(15)13-7-3-4-8-13/h9H,3-8H2,1-2H3. The van der Waals surface area contributed by atoms with Crippen molar-refractivity contribution < 1.29 is 9.59 Å². The van der Waals surface area contributed by atoms with E-state index in [1.807, 2.05) is 4.90 Å². The van der Waals surface area contributed by atoms with Gasteiger partial charge in [-0.2, -0.15) is 0 Å². The van der Waals surface area contributed by atoms with Crippen molar-refractivity contribution in [2.24, 2.45) is 11.3 Å². The Morgan fingerprint density at radius 3 is 2.13 bits per heavy atom. The molecule has 2 rings (SSSR count). The molecule has 0 aromatic rings. The maximum absolute atomic E-state index is 12.1. The second-order valence-electron chi connectivity index (χ2n) is 5.26. The molecule has 15 heavy (non-hydrogen) atoms. The summed E-state index contributed by atoms with van der Waals surface area (Å²) in [4.78, 5) is 26.0. The highest BCUT2D eigenvalue weighted by Crippen LogP contribution is 2.38. The van der Waals surface area contributed by atoms with E-state index in [1.54, 1.807) is 13.8 Å². The van der Waals surface area contributed by atoms with Gasteiger partial charge in [-0.3, -0.25) is 9.59 Å². The predicted octanol–water partition coefficient (Wildman–Crippen LogP) is 1.61. The molecule has 3 nitrogen and oxygen atoms in total. The fraction of sp³-hybridized carbons (Fsp3) is 0.833. The number of nitrogens with zero attached hydrogens (tertiary/aromatic N) is 1. The molecular formula is C12H19NO2. The number of hydrogen-bond acceptors (Lipinski definition) is 2. The van der Waals surface area contributed by atoms with Crippen LogP contribution in [-0.4, -0.2) is 29.7 Å². The average Bonchev–Trinajstić information content (AvgIpc) is 2.91. The minimum absolute atomic E-state index is 0.0388. The number of ketones is 1. The smallest absolute Gasteiger partial charge is 0.235 e. The second kappa shape index (κ2) is 3.62. The lowest BCUT2D eigenvalue weighted by atomic mass is 9.84. The summed E-state index contributed by atoms with van der Waals surface area (Å²) in [7, 11) is 0. The monoisotopic (exact) mass is 209 g/mol. The Morgan fingerprint density at radius 2 is 1.67 bits per heavy atom. The molecule has 1 aliphatic carbocycles. The molecule has 3 heteroatoms. The van der Waals surface area contributed by atoms with Gasteiger partial charge in [0.05, 0.1) is 0 Å². The van der Waals surface area contributed by atoms with Gasteiger partial charge in [-0.15, -0.1) is 0 Å². The van der Waals surface area contributed by atoms with Crippen LogP contribution in [0, 0.1) is 11.3 Å². The van der Waals surface area contributed by atoms with E-state index >= 15 is 0 Å². The first-order valence-electron chi connectivity index (χ1n) is 5.87. The highest BCUT2D eigenvalue weighted by atomic mass is 16.2. The van der Waals surface area contributed by atoms with Crippen LogP contribution < -0.4 is 0 Å². The Balaban J connectivity index is 2.05. The third-order valence-electron chi connectivity index (χ3n) is 3.49. The summed E-state index contributed by atoms with van der Waals surface area (Å²) in [5, 5.41) is 0. The van der Waals surface area contributed by atoms with Crippen LogP contribution in [0.3, 0.4) is 0 Å². The molecule has 84 valence electrons. The average molecular weight is 209 g/mol. The topological polar surface area (TPSA) is 37.4 Å². The number of rotatable bonds is 3. The zero-order valence-corrected chi connectivity index (χ0v) is 9.58. The summed E-state index contributed by atoms with van der Waals surface area (Å²) < 4.78 is 0. The van der Waals surface area contributed by atoms with Crippen molar-refractivity contribution in [1.29, 1.82) is 0 Å². The Hall–Kier alpha value is -0.860. The summed E-state index contributed by atoms with van der Waals surface area (Å²) in [6.07, 6.45) is 4.13. The van der Waals surface area contributed by atoms with Crippen molar-refractivity contribution in [3.8, 4) is 0 Å². The van der Waals surface area contributed by atoms with Gasteiger partial charge in [0.1, 0.15) is 5.41 Å². The Kier molecular flexibility index (Phi) is 2.57. The van der Waals surface area contributed by atoms with Gasteiger partial charge >= 0.3 is 0 Å². The molecule has 2 aliphatic rings. The van der Waals surface area contributed by atoms with E-state index in [2.05, 4.69) is 0 Å². The minimum Gasteiger partial charge on any atom is -0.342 e. The Morgan fingerprint density at radius 1 is 1.13 bits per heavy atom. The molecule has 0 unspecified atom stereocenters. The minimum atomic E-state index is -0.786. The van der Waals surface area contributed by atoms with Gasteiger partial charge in [0.2, 0.25) is 5.91 Å². The zero-order chi connectivity index (χ0) is 11.1. The molecule has 1 saturated heterocycles. The fourth-order valence-electron chi connectivity index (χ4n) is 2.28. The van der Waals surface area contributed by atoms with Gasteiger partial charge in [-0.05, 0) is 39.5 Å². The number of amides is 1. The van der Waals surface area contributed by atoms with E-state index in [9.17, 15) is 9.59 Å². The van der Waals surface area contributed by atoms with E-state index in [-0.39, 0.29) is 17.6 Å². The van der Waals surface area contributed by atoms with E-state index in [0.717, 1.165) is 38.8 Å². The Bertz CT molecular complexity index is 286. The van der Waals surface area contributed by atoms with Crippen LogP contribution in [-0.2, 0) is 9.59 Å². The van der Waals surface area contributed by atoms with Gasteiger partial charge in [0, 0.05) is 19.0 Å². The van der Waals surface area contributed by atoms with Crippen LogP contribution in [0.5, 0.6) is 0 Å². The first-order valence-corrected chi connectivity index (χ1v) is 5.87. The molecule has 1 saturated carbocycles. The molecule has 0 spiro atoms. The largest absolute Gasteiger partial charge is 0.342 e. The quantitative estimate of drug-likeness (QED) is 0.662. The van der Waals surface area contributed by atoms with Crippen molar-refractivity contribution in [3.05, 3.63) is 0 Å². The summed E-state index contributed by atoms with van der Waals surface area (Å²) >= 11 is 0. The van der Waals surface area contributed by atoms with Crippen molar-refractivity contribution >= 4 is 11.7 Å². The molecule has 0 atom stereocenters. The van der Waals surface area contributed by atoms with Gasteiger partial charge in [-0.25, -0.2) is 0 Å². The number of likely N-dealkylation sites (tertiary alicyclic amines) is 1. The third kappa shape index (κ3) is 1.92. The van der Waals surface area contributed by atoms with Crippen LogP contribution in [0.15, 0.2) is 0 Å². The maximum atomic E-state index is 12.1. The Labute approximate surface area is 90.8 Å². The van der Waals surface area contributed by atoms with Crippen LogP contribution in [0.4, 0.5) is 0 Å². The summed E-state index contributed by atoms with van der Waals surface area (Å²) in [6, 6.07) is 0. The zero-order valence-electron chi connectivity index (χ0n) is 9.58. The number of hydrogen-bond donors (Lipinski definition) is 0. The third-order valence-corrected chi connectivity index (χ3v) is 3.49. The summed E-state index contributed by atoms with van der Waals surface area (Å²) in [5.74, 6) is 0.364. The molecule has 1 heterocycles. The van der Waals surface area contributed by atoms with Crippen molar-refractivity contribution in [2.75, 3.05) is 13.1 Å². The van der Waals surface area contributed by atoms with Crippen molar-refractivity contribution in [2.45, 2.75) is 39.5 Å². The van der Waals surface area contributed by atoms with E-state index in [1.165, 1.54) is 0 Å². The van der Waals surface area contributed by atoms with Gasteiger partial charge in [0.25, 0.3) is 0 Å². The van der Waals surface area contributed by atoms with Crippen LogP contribution in [0.25, 0.3) is 0 Å². The lowest BCUT2D eigenvalue weighted by Gasteiger charge is -2.27. The summed E-state index contributed by atoms with van der Waals surface area (Å²) in [5.41, 5.74) is -0.786. The highest BCUT2D eigenvalue weighted by molar-refractivity contribution is 6.06. The second-order valence-corrected chi connectivity index (χ2v) is 5.26. The van der Waals surface area contributed by atoms with E-state index in [0.29, 0.717) is 0 Å². The van der Waals surface area contributed by atoms with Gasteiger partial charge in [0.15, 0.2) is 5.78 Å². The number of carbonyl (C=O) groups excluding carboxylic acids is 2. The SMILES string of the molecule is CC(C)(C(=O)C1CC1)C(=O)N1CCCC1. The van der Waals surface area contributed by atoms with E-state index in [4.69, 9.17) is 0 Å². The molecule has 1 aliphatic heterocycles. The number of Topliss-reactive ketones (excluding diaryl/α,β-unsaturated/α-hetero) is 1. The lowest BCUT2D eigenvalue weighted by Crippen LogP contribution is -2.44. The van der Waals surface area contributed by atoms with Gasteiger partial charge in [-0.1, -0.05) is 0 Å². The molecule has 0 radical (unpaired) electrons. The molecule has 1 amide bonds. The maximum Gasteiger partial charge on any atom is 0.235 e. The van der Waals surface area contributed by atoms with E-state index < -0.39 is 5.41 Å². The fourth-order valence-corrected chi connectivity index (χ4v) is 2.28. The molecule has 0 aromatic carbocycles. The first-order chi connectivity index (χ1) is 7.03. The molecular weight excluding hydrogens is 190 g/mol.